The highest BCUT2D eigenvalue weighted by Crippen LogP contribution is 2.29. The van der Waals surface area contributed by atoms with Gasteiger partial charge >= 0.3 is 5.97 Å². The average Bonchev–Trinajstić information content (AvgIpc) is 2.60. The van der Waals surface area contributed by atoms with Crippen LogP contribution in [0.3, 0.4) is 0 Å². The molecule has 5 nitrogen and oxygen atoms in total. The number of ether oxygens (including phenoxy) is 2. The van der Waals surface area contributed by atoms with E-state index in [9.17, 15) is 14.0 Å². The summed E-state index contributed by atoms with van der Waals surface area (Å²) in [6, 6.07) is 2.70. The predicted molar refractivity (Wildman–Crippen MR) is 106 cm³/mol. The summed E-state index contributed by atoms with van der Waals surface area (Å²) in [6.45, 7) is 8.79. The first-order chi connectivity index (χ1) is 12.6. The molecule has 148 valence electrons. The van der Waals surface area contributed by atoms with E-state index in [-0.39, 0.29) is 27.8 Å². The van der Waals surface area contributed by atoms with E-state index in [4.69, 9.17) is 21.1 Å². The van der Waals surface area contributed by atoms with Gasteiger partial charge < -0.3 is 14.8 Å². The molecule has 0 saturated carbocycles. The summed E-state index contributed by atoms with van der Waals surface area (Å²) in [5.74, 6) is -1.26. The van der Waals surface area contributed by atoms with Crippen LogP contribution in [-0.4, -0.2) is 30.1 Å². The Balaban J connectivity index is 2.78. The van der Waals surface area contributed by atoms with Gasteiger partial charge in [0, 0.05) is 12.1 Å². The molecule has 0 spiro atoms. The molecular formula is C19H22BrClFNO4. The van der Waals surface area contributed by atoms with Gasteiger partial charge in [0.2, 0.25) is 0 Å². The van der Waals surface area contributed by atoms with Gasteiger partial charge in [0.05, 0.1) is 15.0 Å². The Morgan fingerprint density at radius 1 is 1.44 bits per heavy atom. The van der Waals surface area contributed by atoms with Gasteiger partial charge in [0.25, 0.3) is 5.91 Å². The van der Waals surface area contributed by atoms with Crippen molar-refractivity contribution in [3.63, 3.8) is 0 Å². The van der Waals surface area contributed by atoms with Crippen molar-refractivity contribution in [3.05, 3.63) is 52.3 Å². The molecule has 0 heterocycles. The monoisotopic (exact) mass is 461 g/mol. The second kappa shape index (κ2) is 10.5. The minimum absolute atomic E-state index is 0.109. The van der Waals surface area contributed by atoms with Crippen molar-refractivity contribution in [2.45, 2.75) is 38.8 Å². The van der Waals surface area contributed by atoms with Crippen LogP contribution >= 0.6 is 27.5 Å². The van der Waals surface area contributed by atoms with E-state index in [1.165, 1.54) is 30.4 Å². The average molecular weight is 463 g/mol. The van der Waals surface area contributed by atoms with Crippen LogP contribution in [0.4, 0.5) is 4.39 Å². The lowest BCUT2D eigenvalue weighted by Crippen LogP contribution is -2.48. The molecule has 1 atom stereocenters. The third-order valence-electron chi connectivity index (χ3n) is 3.32. The third kappa shape index (κ3) is 7.72. The maximum atomic E-state index is 13.6. The lowest BCUT2D eigenvalue weighted by Gasteiger charge is -2.26. The number of esters is 1. The second-order valence-corrected chi connectivity index (χ2v) is 7.44. The topological polar surface area (TPSA) is 64.6 Å². The molecule has 1 aromatic rings. The molecule has 0 aliphatic heterocycles. The van der Waals surface area contributed by atoms with Crippen LogP contribution in [0.2, 0.25) is 5.02 Å². The van der Waals surface area contributed by atoms with Crippen LogP contribution in [0.15, 0.2) is 41.4 Å². The first kappa shape index (κ1) is 23.2. The Hall–Kier alpha value is -1.86. The summed E-state index contributed by atoms with van der Waals surface area (Å²) in [5.41, 5.74) is -0.817. The minimum atomic E-state index is -0.821. The maximum absolute atomic E-state index is 13.6. The molecule has 1 amide bonds. The van der Waals surface area contributed by atoms with Crippen LogP contribution in [-0.2, 0) is 14.3 Å². The quantitative estimate of drug-likeness (QED) is 0.252. The molecule has 8 heteroatoms. The Morgan fingerprint density at radius 3 is 2.67 bits per heavy atom. The van der Waals surface area contributed by atoms with E-state index in [2.05, 4.69) is 27.8 Å². The number of nitrogens with one attached hydrogen (secondary N) is 1. The molecule has 0 bridgehead atoms. The number of carbonyl (C=O) groups excluding carboxylic acids is 2. The fourth-order valence-corrected chi connectivity index (χ4v) is 2.75. The number of carbonyl (C=O) groups is 2. The van der Waals surface area contributed by atoms with Crippen molar-refractivity contribution in [1.82, 2.24) is 5.32 Å². The molecule has 27 heavy (non-hydrogen) atoms. The van der Waals surface area contributed by atoms with E-state index < -0.39 is 23.4 Å². The highest BCUT2D eigenvalue weighted by Gasteiger charge is 2.25. The summed E-state index contributed by atoms with van der Waals surface area (Å²) in [4.78, 5) is 24.0. The highest BCUT2D eigenvalue weighted by atomic mass is 79.9. The van der Waals surface area contributed by atoms with Crippen molar-refractivity contribution in [1.29, 1.82) is 0 Å². The van der Waals surface area contributed by atoms with Gasteiger partial charge in [-0.3, -0.25) is 4.79 Å². The van der Waals surface area contributed by atoms with Gasteiger partial charge in [0.15, 0.2) is 11.9 Å². The van der Waals surface area contributed by atoms with Crippen molar-refractivity contribution in [3.8, 4) is 5.75 Å². The van der Waals surface area contributed by atoms with E-state index in [0.29, 0.717) is 6.42 Å². The Morgan fingerprint density at radius 2 is 2.11 bits per heavy atom. The van der Waals surface area contributed by atoms with E-state index in [1.807, 2.05) is 0 Å². The zero-order chi connectivity index (χ0) is 20.6. The van der Waals surface area contributed by atoms with E-state index in [0.717, 1.165) is 0 Å². The molecule has 0 aliphatic carbocycles. The molecule has 1 aromatic carbocycles. The molecule has 0 aliphatic rings. The van der Waals surface area contributed by atoms with Gasteiger partial charge in [-0.2, -0.15) is 0 Å². The number of hydrogen-bond acceptors (Lipinski definition) is 4. The number of amides is 1. The zero-order valence-corrected chi connectivity index (χ0v) is 17.7. The van der Waals surface area contributed by atoms with Crippen molar-refractivity contribution in [2.24, 2.45) is 0 Å². The zero-order valence-electron chi connectivity index (χ0n) is 15.4. The molecule has 0 aromatic heterocycles. The molecule has 0 fully saturated rings. The first-order valence-corrected chi connectivity index (χ1v) is 9.36. The van der Waals surface area contributed by atoms with E-state index in [1.54, 1.807) is 20.8 Å². The number of hydrogen-bond donors (Lipinski definition) is 1. The van der Waals surface area contributed by atoms with Crippen LogP contribution in [0.25, 0.3) is 0 Å². The Kier molecular flexibility index (Phi) is 8.99. The Bertz CT molecular complexity index is 713. The van der Waals surface area contributed by atoms with Gasteiger partial charge in [-0.25, -0.2) is 9.18 Å². The fourth-order valence-electron chi connectivity index (χ4n) is 1.99. The van der Waals surface area contributed by atoms with Crippen LogP contribution in [0.5, 0.6) is 5.75 Å². The number of rotatable bonds is 9. The molecule has 1 rings (SSSR count). The second-order valence-electron chi connectivity index (χ2n) is 6.18. The lowest BCUT2D eigenvalue weighted by molar-refractivity contribution is -0.136. The summed E-state index contributed by atoms with van der Waals surface area (Å²) in [6.07, 6.45) is 3.78. The van der Waals surface area contributed by atoms with Crippen molar-refractivity contribution >= 4 is 39.4 Å². The lowest BCUT2D eigenvalue weighted by atomic mass is 10.0. The third-order valence-corrected chi connectivity index (χ3v) is 4.18. The van der Waals surface area contributed by atoms with Gasteiger partial charge in [-0.05, 0) is 42.3 Å². The summed E-state index contributed by atoms with van der Waals surface area (Å²) < 4.78 is 24.2. The molecule has 0 saturated heterocycles. The van der Waals surface area contributed by atoms with Crippen LogP contribution in [0, 0.1) is 5.82 Å². The van der Waals surface area contributed by atoms with Crippen molar-refractivity contribution in [2.75, 3.05) is 6.61 Å². The van der Waals surface area contributed by atoms with Crippen LogP contribution < -0.4 is 10.1 Å². The van der Waals surface area contributed by atoms with E-state index >= 15 is 0 Å². The van der Waals surface area contributed by atoms with Gasteiger partial charge in [-0.15, -0.1) is 0 Å². The molecule has 1 N–H and O–H groups in total. The SMILES string of the molecule is C=CCOC(=O)/C=C/C(C)(C)NC(=O)[C@@H](CC)Oc1cc(Cl)c(F)c(Br)c1. The number of halogens is 3. The summed E-state index contributed by atoms with van der Waals surface area (Å²) in [5, 5.41) is 2.67. The number of benzene rings is 1. The van der Waals surface area contributed by atoms with Crippen LogP contribution in [0.1, 0.15) is 27.2 Å². The fraction of sp³-hybridized carbons (Fsp3) is 0.368. The molecule has 0 unspecified atom stereocenters. The normalized spacial score (nSPS) is 12.5. The summed E-state index contributed by atoms with van der Waals surface area (Å²) in [7, 11) is 0. The first-order valence-electron chi connectivity index (χ1n) is 8.19. The van der Waals surface area contributed by atoms with Gasteiger partial charge in [-0.1, -0.05) is 37.3 Å². The largest absolute Gasteiger partial charge is 0.481 e. The van der Waals surface area contributed by atoms with Crippen molar-refractivity contribution < 1.29 is 23.5 Å². The molecular weight excluding hydrogens is 441 g/mol. The highest BCUT2D eigenvalue weighted by molar-refractivity contribution is 9.10. The smallest absolute Gasteiger partial charge is 0.330 e. The molecule has 0 radical (unpaired) electrons. The summed E-state index contributed by atoms with van der Waals surface area (Å²) >= 11 is 8.84. The van der Waals surface area contributed by atoms with Gasteiger partial charge in [0.1, 0.15) is 12.4 Å². The maximum Gasteiger partial charge on any atom is 0.330 e. The standard InChI is InChI=1S/C19H22BrClFNO4/c1-5-9-26-16(24)7-8-19(3,4)23-18(25)15(6-2)27-12-10-13(20)17(22)14(21)11-12/h5,7-8,10-11,15H,1,6,9H2,2-4H3,(H,23,25)/b8-7+/t15-/m1/s1. The predicted octanol–water partition coefficient (Wildman–Crippen LogP) is 4.58. The Labute approximate surface area is 171 Å². The minimum Gasteiger partial charge on any atom is -0.481 e.